The molecule has 9 aromatic rings. The second-order valence-electron chi connectivity index (χ2n) is 16.7. The van der Waals surface area contributed by atoms with Gasteiger partial charge in [0, 0.05) is 6.20 Å². The molecule has 0 spiro atoms. The zero-order valence-corrected chi connectivity index (χ0v) is 36.8. The number of aromatic nitrogens is 3. The monoisotopic (exact) mass is 973 g/mol. The van der Waals surface area contributed by atoms with Crippen molar-refractivity contribution in [1.82, 2.24) is 14.1 Å². The van der Waals surface area contributed by atoms with E-state index in [1.807, 2.05) is 6.20 Å². The van der Waals surface area contributed by atoms with Gasteiger partial charge in [0.05, 0.1) is 0 Å². The maximum absolute atomic E-state index is 7.08. The Morgan fingerprint density at radius 3 is 1.80 bits per heavy atom. The molecule has 0 N–H and O–H groups in total. The Labute approximate surface area is 368 Å². The standard InChI is InChI=1S/C55H46N4O.Pt/c1-55(2,3)43-31-32-56-53(35-43)57-33-17-24-42-34-48(41-22-11-6-12-23-41)52(37-51(42)57)60-45-26-15-25-44(36-45)58-38-59(50-30-14-13-29-49(50)58)54-46(39-18-7-4-8-19-39)27-16-28-47(54)40-20-9-5-10-21-40;/h4-16,18-23,25-32,34-37H,17,24,33H2,1-3H3;. The average molecular weight is 974 g/mol. The van der Waals surface area contributed by atoms with Gasteiger partial charge in [-0.15, -0.1) is 0 Å². The Morgan fingerprint density at radius 2 is 1.16 bits per heavy atom. The molecule has 1 aliphatic rings. The van der Waals surface area contributed by atoms with Gasteiger partial charge in [-0.1, -0.05) is 20.8 Å². The predicted octanol–water partition coefficient (Wildman–Crippen LogP) is 14.1. The van der Waals surface area contributed by atoms with E-state index in [1.54, 1.807) is 0 Å². The summed E-state index contributed by atoms with van der Waals surface area (Å²) in [4.78, 5) is 7.27. The number of imidazole rings is 1. The summed E-state index contributed by atoms with van der Waals surface area (Å²) in [7, 11) is 0. The van der Waals surface area contributed by atoms with Gasteiger partial charge in [0.2, 0.25) is 0 Å². The minimum absolute atomic E-state index is 0.0183. The molecule has 10 rings (SSSR count). The van der Waals surface area contributed by atoms with Crippen molar-refractivity contribution in [3.05, 3.63) is 203 Å². The molecule has 3 heterocycles. The number of rotatable bonds is 8. The molecule has 0 unspecified atom stereocenters. The molecule has 2 aromatic heterocycles. The summed E-state index contributed by atoms with van der Waals surface area (Å²) in [5.74, 6) is 2.55. The summed E-state index contributed by atoms with van der Waals surface area (Å²) < 4.78 is 12.9. The fourth-order valence-corrected chi connectivity index (χ4v) is 9.77. The molecule has 302 valence electrons. The van der Waals surface area contributed by atoms with Crippen LogP contribution in [0.2, 0.25) is 0 Å². The normalized spacial score (nSPS) is 12.7. The zero-order valence-electron chi connectivity index (χ0n) is 34.5. The molecule has 0 amide bonds. The van der Waals surface area contributed by atoms with Gasteiger partial charge < -0.3 is 0 Å². The van der Waals surface area contributed by atoms with Crippen molar-refractivity contribution < 1.29 is 24.1 Å². The van der Waals surface area contributed by atoms with E-state index >= 15 is 0 Å². The Balaban J connectivity index is 1.12. The first-order valence-electron chi connectivity index (χ1n) is 21.0. The summed E-state index contributed by atoms with van der Waals surface area (Å²) in [5, 5.41) is 0. The van der Waals surface area contributed by atoms with Crippen LogP contribution in [-0.4, -0.2) is 20.7 Å². The molecule has 7 aromatic carbocycles. The van der Waals surface area contributed by atoms with Crippen molar-refractivity contribution in [2.24, 2.45) is 0 Å². The molecule has 0 saturated heterocycles. The van der Waals surface area contributed by atoms with Crippen molar-refractivity contribution in [2.45, 2.75) is 39.0 Å². The number of fused-ring (bicyclic) bond motifs is 2. The number of hydrogen-bond donors (Lipinski definition) is 0. The van der Waals surface area contributed by atoms with E-state index < -0.39 is 0 Å². The van der Waals surface area contributed by atoms with Crippen molar-refractivity contribution in [3.8, 4) is 56.3 Å². The van der Waals surface area contributed by atoms with Gasteiger partial charge in [0.15, 0.2) is 0 Å². The van der Waals surface area contributed by atoms with Crippen molar-refractivity contribution >= 4 is 22.5 Å². The Bertz CT molecular complexity index is 3030. The van der Waals surface area contributed by atoms with E-state index in [-0.39, 0.29) is 5.41 Å². The van der Waals surface area contributed by atoms with Crippen LogP contribution in [-0.2, 0) is 31.2 Å². The van der Waals surface area contributed by atoms with E-state index in [1.165, 1.54) is 33.4 Å². The number of para-hydroxylation sites is 3. The van der Waals surface area contributed by atoms with Gasteiger partial charge in [0.1, 0.15) is 0 Å². The summed E-state index contributed by atoms with van der Waals surface area (Å²) in [6.07, 6.45) is 4.00. The summed E-state index contributed by atoms with van der Waals surface area (Å²) in [6.45, 7) is 7.66. The fraction of sp³-hybridized carbons (Fsp3) is 0.127. The molecule has 0 bridgehead atoms. The van der Waals surface area contributed by atoms with E-state index in [2.05, 4.69) is 236 Å². The summed E-state index contributed by atoms with van der Waals surface area (Å²) in [5.41, 5.74) is 15.0. The average Bonchev–Trinajstić information content (AvgIpc) is 3.60. The number of anilines is 2. The van der Waals surface area contributed by atoms with Gasteiger partial charge in [0.25, 0.3) is 0 Å². The van der Waals surface area contributed by atoms with Crippen LogP contribution in [0.5, 0.6) is 11.5 Å². The summed E-state index contributed by atoms with van der Waals surface area (Å²) >= 11 is 2.51. The first-order chi connectivity index (χ1) is 29.8. The number of benzene rings is 7. The molecule has 0 radical (unpaired) electrons. The van der Waals surface area contributed by atoms with Crippen LogP contribution in [0.3, 0.4) is 0 Å². The van der Waals surface area contributed by atoms with Crippen LogP contribution in [0.1, 0.15) is 38.3 Å². The van der Waals surface area contributed by atoms with Gasteiger partial charge in [-0.05, 0) is 17.0 Å². The van der Waals surface area contributed by atoms with Gasteiger partial charge in [-0.3, -0.25) is 0 Å². The molecular weight excluding hydrogens is 928 g/mol. The second kappa shape index (κ2) is 16.1. The van der Waals surface area contributed by atoms with Gasteiger partial charge in [-0.2, -0.15) is 0 Å². The van der Waals surface area contributed by atoms with Crippen LogP contribution >= 0.6 is 0 Å². The van der Waals surface area contributed by atoms with Crippen LogP contribution in [0.15, 0.2) is 188 Å². The first-order valence-corrected chi connectivity index (χ1v) is 22.1. The Morgan fingerprint density at radius 1 is 0.574 bits per heavy atom. The van der Waals surface area contributed by atoms with Crippen LogP contribution in [0.25, 0.3) is 55.8 Å². The van der Waals surface area contributed by atoms with Crippen LogP contribution in [0.4, 0.5) is 11.5 Å². The zero-order chi connectivity index (χ0) is 41.5. The second-order valence-corrected chi connectivity index (χ2v) is 17.7. The molecule has 1 aliphatic heterocycles. The Hall–Kier alpha value is -6.55. The molecule has 0 aliphatic carbocycles. The number of pyridine rings is 1. The van der Waals surface area contributed by atoms with E-state index in [4.69, 9.17) is 9.72 Å². The predicted molar refractivity (Wildman–Crippen MR) is 247 cm³/mol. The molecule has 0 atom stereocenters. The third-order valence-corrected chi connectivity index (χ3v) is 12.7. The van der Waals surface area contributed by atoms with Crippen LogP contribution < -0.4 is 9.64 Å². The quantitative estimate of drug-likeness (QED) is 0.152. The number of aryl methyl sites for hydroxylation is 1. The Kier molecular flexibility index (Phi) is 10.2. The third-order valence-electron chi connectivity index (χ3n) is 11.7. The molecule has 61 heavy (non-hydrogen) atoms. The molecule has 5 nitrogen and oxygen atoms in total. The molecule has 6 heteroatoms. The minimum atomic E-state index is 0.0183. The van der Waals surface area contributed by atoms with Crippen molar-refractivity contribution in [3.63, 3.8) is 0 Å². The summed E-state index contributed by atoms with van der Waals surface area (Å²) in [6, 6.07) is 64.8. The van der Waals surface area contributed by atoms with E-state index in [9.17, 15) is 0 Å². The first kappa shape index (κ1) is 38.6. The van der Waals surface area contributed by atoms with E-state index in [0.717, 1.165) is 79.7 Å². The number of hydrogen-bond acceptors (Lipinski definition) is 3. The SMILES string of the molecule is CC(C)(C)c1ccnc(N2CCCc3cc(-c4ccccc4)c(Oc4cccc(-n5[c](=[Pt])n(-c6c(-c7ccccc7)cccc6-c6ccccc6)c6ccccc65)c4)cc32)c1. The number of ether oxygens (including phenoxy) is 1. The molecular formula is C55H46N4OPt. The van der Waals surface area contributed by atoms with Crippen molar-refractivity contribution in [1.29, 1.82) is 0 Å². The fourth-order valence-electron chi connectivity index (χ4n) is 8.68. The number of nitrogens with zero attached hydrogens (tertiary/aromatic N) is 4. The van der Waals surface area contributed by atoms with Crippen LogP contribution in [0, 0.1) is 3.80 Å². The van der Waals surface area contributed by atoms with E-state index in [0.29, 0.717) is 0 Å². The maximum atomic E-state index is 7.08. The third kappa shape index (κ3) is 7.38. The molecule has 0 saturated carbocycles. The van der Waals surface area contributed by atoms with Gasteiger partial charge >= 0.3 is 327 Å². The molecule has 0 fully saturated rings. The van der Waals surface area contributed by atoms with Crippen molar-refractivity contribution in [2.75, 3.05) is 11.4 Å². The topological polar surface area (TPSA) is 35.2 Å². The van der Waals surface area contributed by atoms with Gasteiger partial charge in [-0.25, -0.2) is 0 Å².